The Balaban J connectivity index is 2.47. The van der Waals surface area contributed by atoms with Gasteiger partial charge < -0.3 is 10.6 Å². The lowest BCUT2D eigenvalue weighted by molar-refractivity contribution is 0.0850. The third-order valence-electron chi connectivity index (χ3n) is 4.40. The van der Waals surface area contributed by atoms with Gasteiger partial charge in [0.2, 0.25) is 6.08 Å². The van der Waals surface area contributed by atoms with E-state index in [2.05, 4.69) is 43.3 Å². The first kappa shape index (κ1) is 18.7. The van der Waals surface area contributed by atoms with E-state index in [0.29, 0.717) is 6.54 Å². The van der Waals surface area contributed by atoms with Gasteiger partial charge in [-0.25, -0.2) is 14.6 Å². The minimum Gasteiger partial charge on any atom is -0.338 e. The molecule has 0 aromatic rings. The van der Waals surface area contributed by atoms with Crippen LogP contribution >= 0.6 is 0 Å². The van der Waals surface area contributed by atoms with E-state index < -0.39 is 0 Å². The van der Waals surface area contributed by atoms with Gasteiger partial charge >= 0.3 is 6.03 Å². The summed E-state index contributed by atoms with van der Waals surface area (Å²) in [5, 5.41) is 5.88. The van der Waals surface area contributed by atoms with E-state index in [-0.39, 0.29) is 22.9 Å². The van der Waals surface area contributed by atoms with Crippen molar-refractivity contribution in [3.8, 4) is 0 Å². The van der Waals surface area contributed by atoms with Crippen LogP contribution in [0.5, 0.6) is 0 Å². The average molecular weight is 309 g/mol. The maximum atomic E-state index is 11.9. The third-order valence-corrected chi connectivity index (χ3v) is 4.40. The molecule has 0 bridgehead atoms. The Labute approximate surface area is 134 Å². The van der Waals surface area contributed by atoms with Crippen LogP contribution in [0.4, 0.5) is 4.79 Å². The zero-order valence-corrected chi connectivity index (χ0v) is 14.5. The van der Waals surface area contributed by atoms with Crippen LogP contribution in [-0.2, 0) is 4.79 Å². The quantitative estimate of drug-likeness (QED) is 0.430. The number of urea groups is 1. The van der Waals surface area contributed by atoms with Gasteiger partial charge in [0.1, 0.15) is 0 Å². The molecule has 0 saturated heterocycles. The van der Waals surface area contributed by atoms with Crippen LogP contribution in [-0.4, -0.2) is 31.2 Å². The van der Waals surface area contributed by atoms with Gasteiger partial charge in [-0.2, -0.15) is 0 Å². The van der Waals surface area contributed by atoms with Crippen LogP contribution < -0.4 is 10.6 Å². The van der Waals surface area contributed by atoms with Gasteiger partial charge in [0, 0.05) is 13.1 Å². The number of aliphatic imine (C=N–C) groups is 1. The van der Waals surface area contributed by atoms with Crippen molar-refractivity contribution in [1.82, 2.24) is 10.6 Å². The number of isocyanates is 1. The Kier molecular flexibility index (Phi) is 7.08. The number of nitrogens with one attached hydrogen (secondary N) is 2. The topological polar surface area (TPSA) is 70.6 Å². The van der Waals surface area contributed by atoms with Gasteiger partial charge in [-0.15, -0.1) is 0 Å². The van der Waals surface area contributed by atoms with E-state index in [1.165, 1.54) is 0 Å². The summed E-state index contributed by atoms with van der Waals surface area (Å²) in [4.78, 5) is 26.4. The second-order valence-electron chi connectivity index (χ2n) is 7.75. The summed E-state index contributed by atoms with van der Waals surface area (Å²) in [7, 11) is 0. The molecule has 2 unspecified atom stereocenters. The minimum absolute atomic E-state index is 0.0145. The number of nitrogens with zero attached hydrogens (tertiary/aromatic N) is 1. The molecule has 0 spiro atoms. The first-order valence-electron chi connectivity index (χ1n) is 8.39. The Morgan fingerprint density at radius 2 is 1.95 bits per heavy atom. The summed E-state index contributed by atoms with van der Waals surface area (Å²) in [5.41, 5.74) is 0.0881. The molecule has 0 aromatic heterocycles. The highest BCUT2D eigenvalue weighted by Crippen LogP contribution is 2.46. The molecule has 0 aliphatic heterocycles. The maximum Gasteiger partial charge on any atom is 0.314 e. The van der Waals surface area contributed by atoms with Gasteiger partial charge in [0.15, 0.2) is 0 Å². The highest BCUT2D eigenvalue weighted by molar-refractivity contribution is 5.73. The molecule has 1 saturated carbocycles. The van der Waals surface area contributed by atoms with Crippen molar-refractivity contribution in [3.63, 3.8) is 0 Å². The van der Waals surface area contributed by atoms with E-state index in [1.54, 1.807) is 6.08 Å². The summed E-state index contributed by atoms with van der Waals surface area (Å²) >= 11 is 0. The molecule has 5 nitrogen and oxygen atoms in total. The zero-order chi connectivity index (χ0) is 16.6. The number of rotatable bonds is 7. The number of hydrogen-bond donors (Lipinski definition) is 2. The van der Waals surface area contributed by atoms with Crippen LogP contribution in [0.25, 0.3) is 0 Å². The first-order chi connectivity index (χ1) is 10.3. The molecule has 0 radical (unpaired) electrons. The molecular weight excluding hydrogens is 278 g/mol. The van der Waals surface area contributed by atoms with E-state index >= 15 is 0 Å². The molecule has 5 heteroatoms. The third kappa shape index (κ3) is 6.61. The second-order valence-corrected chi connectivity index (χ2v) is 7.75. The van der Waals surface area contributed by atoms with Crippen LogP contribution in [0, 0.1) is 10.8 Å². The molecule has 2 N–H and O–H groups in total. The molecule has 0 heterocycles. The number of amides is 2. The molecule has 1 aliphatic rings. The summed E-state index contributed by atoms with van der Waals surface area (Å²) < 4.78 is 0. The Bertz CT molecular complexity index is 416. The van der Waals surface area contributed by atoms with Crippen LogP contribution in [0.2, 0.25) is 0 Å². The molecule has 2 atom stereocenters. The highest BCUT2D eigenvalue weighted by atomic mass is 16.2. The molecule has 0 aromatic carbocycles. The number of carbonyl (C=O) groups excluding carboxylic acids is 2. The minimum atomic E-state index is -0.101. The van der Waals surface area contributed by atoms with E-state index in [9.17, 15) is 9.59 Å². The fourth-order valence-electron chi connectivity index (χ4n) is 3.81. The smallest absolute Gasteiger partial charge is 0.314 e. The van der Waals surface area contributed by atoms with Crippen molar-refractivity contribution in [2.45, 2.75) is 72.3 Å². The van der Waals surface area contributed by atoms with Crippen molar-refractivity contribution >= 4 is 12.1 Å². The average Bonchev–Trinajstić information content (AvgIpc) is 2.40. The molecule has 1 fully saturated rings. The second kappa shape index (κ2) is 8.33. The molecule has 1 aliphatic carbocycles. The van der Waals surface area contributed by atoms with Gasteiger partial charge in [-0.1, -0.05) is 40.5 Å². The first-order valence-corrected chi connectivity index (χ1v) is 8.39. The largest absolute Gasteiger partial charge is 0.338 e. The predicted molar refractivity (Wildman–Crippen MR) is 88.6 cm³/mol. The van der Waals surface area contributed by atoms with Gasteiger partial charge in [-0.05, 0) is 36.5 Å². The van der Waals surface area contributed by atoms with E-state index in [0.717, 1.165) is 45.1 Å². The van der Waals surface area contributed by atoms with Gasteiger partial charge in [-0.3, -0.25) is 0 Å². The Morgan fingerprint density at radius 1 is 1.23 bits per heavy atom. The van der Waals surface area contributed by atoms with Crippen molar-refractivity contribution in [3.05, 3.63) is 0 Å². The maximum absolute atomic E-state index is 11.9. The van der Waals surface area contributed by atoms with Crippen LogP contribution in [0.1, 0.15) is 66.2 Å². The van der Waals surface area contributed by atoms with E-state index in [1.807, 2.05) is 0 Å². The van der Waals surface area contributed by atoms with E-state index in [4.69, 9.17) is 0 Å². The molecule has 2 amide bonds. The molecule has 22 heavy (non-hydrogen) atoms. The zero-order valence-electron chi connectivity index (χ0n) is 14.5. The fraction of sp³-hybridized carbons (Fsp3) is 0.882. The van der Waals surface area contributed by atoms with Crippen molar-refractivity contribution in [2.75, 3.05) is 13.1 Å². The fourth-order valence-corrected chi connectivity index (χ4v) is 3.81. The number of unbranched alkanes of at least 4 members (excludes halogenated alkanes) is 2. The van der Waals surface area contributed by atoms with Gasteiger partial charge in [0.25, 0.3) is 0 Å². The summed E-state index contributed by atoms with van der Waals surface area (Å²) in [5.74, 6) is 0. The van der Waals surface area contributed by atoms with Crippen molar-refractivity contribution < 1.29 is 9.59 Å². The van der Waals surface area contributed by atoms with Crippen molar-refractivity contribution in [2.24, 2.45) is 15.8 Å². The molecule has 126 valence electrons. The summed E-state index contributed by atoms with van der Waals surface area (Å²) in [6.45, 7) is 10.0. The highest BCUT2D eigenvalue weighted by Gasteiger charge is 2.41. The molecular formula is C17H31N3O2. The van der Waals surface area contributed by atoms with Crippen LogP contribution in [0.15, 0.2) is 4.99 Å². The monoisotopic (exact) mass is 309 g/mol. The SMILES string of the molecule is CCCCCNC(=O)NCC1(C)CC(N=C=O)CC(C)(C)C1. The standard InChI is InChI=1S/C17H31N3O2/c1-5-6-7-8-18-15(22)19-12-17(4)10-14(20-13-21)9-16(2,3)11-17/h14H,5-12H2,1-4H3,(H2,18,19,22). The predicted octanol–water partition coefficient (Wildman–Crippen LogP) is 3.40. The van der Waals surface area contributed by atoms with Crippen molar-refractivity contribution in [1.29, 1.82) is 0 Å². The van der Waals surface area contributed by atoms with Crippen LogP contribution in [0.3, 0.4) is 0 Å². The lowest BCUT2D eigenvalue weighted by Crippen LogP contribution is -2.47. The van der Waals surface area contributed by atoms with Gasteiger partial charge in [0.05, 0.1) is 6.04 Å². The number of carbonyl (C=O) groups is 1. The summed E-state index contributed by atoms with van der Waals surface area (Å²) in [6.07, 6.45) is 7.74. The summed E-state index contributed by atoms with van der Waals surface area (Å²) in [6, 6.07) is -0.0863. The Morgan fingerprint density at radius 3 is 2.59 bits per heavy atom. The Hall–Kier alpha value is -1.35. The normalized spacial score (nSPS) is 26.8. The lowest BCUT2D eigenvalue weighted by Gasteiger charge is -2.45. The lowest BCUT2D eigenvalue weighted by atomic mass is 9.63. The molecule has 1 rings (SSSR count). The number of hydrogen-bond acceptors (Lipinski definition) is 3.